The van der Waals surface area contributed by atoms with Gasteiger partial charge >= 0.3 is 0 Å². The molecular weight excluding hydrogens is 326 g/mol. The Balaban J connectivity index is 1.55. The molecule has 2 aromatic rings. The van der Waals surface area contributed by atoms with Crippen molar-refractivity contribution < 1.29 is 9.53 Å². The number of rotatable bonds is 4. The molecule has 1 aliphatic carbocycles. The van der Waals surface area contributed by atoms with E-state index in [9.17, 15) is 4.79 Å². The lowest BCUT2D eigenvalue weighted by Crippen LogP contribution is -2.44. The maximum Gasteiger partial charge on any atom is 0.271 e. The Morgan fingerprint density at radius 1 is 1.42 bits per heavy atom. The van der Waals surface area contributed by atoms with Crippen LogP contribution in [0.2, 0.25) is 0 Å². The van der Waals surface area contributed by atoms with Crippen molar-refractivity contribution in [2.45, 2.75) is 37.7 Å². The first-order valence-electron chi connectivity index (χ1n) is 9.25. The molecule has 2 heterocycles. The van der Waals surface area contributed by atoms with Gasteiger partial charge < -0.3 is 9.64 Å². The monoisotopic (exact) mass is 351 g/mol. The summed E-state index contributed by atoms with van der Waals surface area (Å²) in [6.45, 7) is 8.01. The Bertz CT molecular complexity index is 805. The van der Waals surface area contributed by atoms with Gasteiger partial charge in [0.05, 0.1) is 12.7 Å². The Morgan fingerprint density at radius 3 is 2.92 bits per heavy atom. The molecule has 26 heavy (non-hydrogen) atoms. The number of likely N-dealkylation sites (tertiary alicyclic amines) is 1. The zero-order chi connectivity index (χ0) is 18.1. The van der Waals surface area contributed by atoms with Crippen LogP contribution in [-0.4, -0.2) is 40.7 Å². The van der Waals surface area contributed by atoms with Crippen molar-refractivity contribution in [3.8, 4) is 0 Å². The van der Waals surface area contributed by atoms with E-state index in [0.717, 1.165) is 32.4 Å². The van der Waals surface area contributed by atoms with Crippen molar-refractivity contribution in [1.29, 1.82) is 0 Å². The number of aromatic nitrogens is 2. The summed E-state index contributed by atoms with van der Waals surface area (Å²) in [4.78, 5) is 14.5. The summed E-state index contributed by atoms with van der Waals surface area (Å²) in [6, 6.07) is 8.44. The average Bonchev–Trinajstić information content (AvgIpc) is 3.28. The third-order valence-electron chi connectivity index (χ3n) is 5.86. The molecule has 0 saturated carbocycles. The second kappa shape index (κ2) is 6.72. The van der Waals surface area contributed by atoms with Gasteiger partial charge in [0.25, 0.3) is 5.91 Å². The largest absolute Gasteiger partial charge is 0.369 e. The van der Waals surface area contributed by atoms with Gasteiger partial charge in [0.2, 0.25) is 0 Å². The number of aryl methyl sites for hydroxylation is 1. The zero-order valence-electron chi connectivity index (χ0n) is 15.2. The number of benzene rings is 1. The molecule has 136 valence electrons. The molecule has 1 fully saturated rings. The Labute approximate surface area is 154 Å². The number of carbonyl (C=O) groups excluding carboxylic acids is 1. The van der Waals surface area contributed by atoms with Crippen LogP contribution in [0.15, 0.2) is 43.1 Å². The summed E-state index contributed by atoms with van der Waals surface area (Å²) in [5.41, 5.74) is 4.68. The zero-order valence-corrected chi connectivity index (χ0v) is 15.2. The maximum absolute atomic E-state index is 12.6. The number of ether oxygens (including phenoxy) is 1. The molecular formula is C21H25N3O2. The van der Waals surface area contributed by atoms with Crippen LogP contribution >= 0.6 is 0 Å². The lowest BCUT2D eigenvalue weighted by atomic mass is 9.73. The number of amides is 1. The van der Waals surface area contributed by atoms with E-state index in [4.69, 9.17) is 4.74 Å². The number of hydrogen-bond acceptors (Lipinski definition) is 3. The minimum absolute atomic E-state index is 0.0410. The first kappa shape index (κ1) is 17.0. The van der Waals surface area contributed by atoms with E-state index >= 15 is 0 Å². The van der Waals surface area contributed by atoms with Gasteiger partial charge in [-0.25, -0.2) is 0 Å². The smallest absolute Gasteiger partial charge is 0.271 e. The van der Waals surface area contributed by atoms with Crippen molar-refractivity contribution in [3.63, 3.8) is 0 Å². The van der Waals surface area contributed by atoms with Gasteiger partial charge in [0.15, 0.2) is 0 Å². The molecule has 1 unspecified atom stereocenters. The summed E-state index contributed by atoms with van der Waals surface area (Å²) in [5.74, 6) is 0.0410. The van der Waals surface area contributed by atoms with Crippen LogP contribution < -0.4 is 0 Å². The van der Waals surface area contributed by atoms with Crippen molar-refractivity contribution in [2.75, 3.05) is 19.7 Å². The average molecular weight is 351 g/mol. The summed E-state index contributed by atoms with van der Waals surface area (Å²) in [5, 5.41) is 6.67. The molecule has 1 N–H and O–H groups in total. The van der Waals surface area contributed by atoms with E-state index in [2.05, 4.69) is 41.9 Å². The predicted octanol–water partition coefficient (Wildman–Crippen LogP) is 3.54. The molecule has 4 rings (SSSR count). The molecule has 1 spiro atoms. The van der Waals surface area contributed by atoms with E-state index < -0.39 is 0 Å². The Morgan fingerprint density at radius 2 is 2.23 bits per heavy atom. The van der Waals surface area contributed by atoms with Gasteiger partial charge in [0.1, 0.15) is 5.69 Å². The maximum atomic E-state index is 12.6. The number of carbonyl (C=O) groups is 1. The van der Waals surface area contributed by atoms with Crippen LogP contribution in [0.4, 0.5) is 0 Å². The summed E-state index contributed by atoms with van der Waals surface area (Å²) in [6.07, 6.45) is 6.49. The standard InChI is InChI=1S/C21H25N3O2/c1-3-12-26-19-14-21(17-13-15(2)4-5-16(17)19)7-10-24(11-8-21)20(25)18-6-9-22-23-18/h3-6,9,13,19H,1,7-8,10-12,14H2,2H3,(H,22,23). The van der Waals surface area contributed by atoms with Gasteiger partial charge in [-0.3, -0.25) is 9.89 Å². The highest BCUT2D eigenvalue weighted by atomic mass is 16.5. The predicted molar refractivity (Wildman–Crippen MR) is 100 cm³/mol. The van der Waals surface area contributed by atoms with Crippen molar-refractivity contribution >= 4 is 5.91 Å². The number of nitrogens with one attached hydrogen (secondary N) is 1. The van der Waals surface area contributed by atoms with Gasteiger partial charge in [0, 0.05) is 24.7 Å². The number of piperidine rings is 1. The van der Waals surface area contributed by atoms with Crippen LogP contribution in [0, 0.1) is 6.92 Å². The third-order valence-corrected chi connectivity index (χ3v) is 5.86. The van der Waals surface area contributed by atoms with Crippen LogP contribution in [0.3, 0.4) is 0 Å². The number of nitrogens with zero attached hydrogens (tertiary/aromatic N) is 2. The fourth-order valence-corrected chi connectivity index (χ4v) is 4.47. The normalized spacial score (nSPS) is 21.0. The Kier molecular flexibility index (Phi) is 4.41. The summed E-state index contributed by atoms with van der Waals surface area (Å²) < 4.78 is 6.07. The van der Waals surface area contributed by atoms with E-state index in [0.29, 0.717) is 12.3 Å². The molecule has 5 heteroatoms. The SMILES string of the molecule is C=CCOC1CC2(CCN(C(=O)c3ccn[nH]3)CC2)c2cc(C)ccc21. The number of fused-ring (bicyclic) bond motifs is 2. The van der Waals surface area contributed by atoms with Crippen molar-refractivity contribution in [2.24, 2.45) is 0 Å². The highest BCUT2D eigenvalue weighted by Gasteiger charge is 2.46. The molecule has 2 aliphatic rings. The van der Waals surface area contributed by atoms with Crippen molar-refractivity contribution in [3.05, 3.63) is 65.5 Å². The van der Waals surface area contributed by atoms with E-state index in [1.54, 1.807) is 12.3 Å². The molecule has 0 bridgehead atoms. The topological polar surface area (TPSA) is 58.2 Å². The van der Waals surface area contributed by atoms with Gasteiger partial charge in [-0.15, -0.1) is 6.58 Å². The van der Waals surface area contributed by atoms with Gasteiger partial charge in [-0.1, -0.05) is 29.8 Å². The van der Waals surface area contributed by atoms with Crippen LogP contribution in [0.25, 0.3) is 0 Å². The fourth-order valence-electron chi connectivity index (χ4n) is 4.47. The first-order valence-corrected chi connectivity index (χ1v) is 9.25. The van der Waals surface area contributed by atoms with Crippen LogP contribution in [0.1, 0.15) is 52.5 Å². The summed E-state index contributed by atoms with van der Waals surface area (Å²) in [7, 11) is 0. The highest BCUT2D eigenvalue weighted by Crippen LogP contribution is 2.52. The number of H-pyrrole nitrogens is 1. The number of hydrogen-bond donors (Lipinski definition) is 1. The summed E-state index contributed by atoms with van der Waals surface area (Å²) >= 11 is 0. The Hall–Kier alpha value is -2.40. The molecule has 1 atom stereocenters. The highest BCUT2D eigenvalue weighted by molar-refractivity contribution is 5.92. The molecule has 1 aliphatic heterocycles. The molecule has 0 radical (unpaired) electrons. The minimum atomic E-state index is 0.0410. The molecule has 1 saturated heterocycles. The fraction of sp³-hybridized carbons (Fsp3) is 0.429. The second-order valence-corrected chi connectivity index (χ2v) is 7.45. The van der Waals surface area contributed by atoms with Gasteiger partial charge in [-0.2, -0.15) is 5.10 Å². The van der Waals surface area contributed by atoms with E-state index in [1.807, 2.05) is 11.0 Å². The van der Waals surface area contributed by atoms with Crippen molar-refractivity contribution in [1.82, 2.24) is 15.1 Å². The van der Waals surface area contributed by atoms with Gasteiger partial charge in [-0.05, 0) is 43.4 Å². The number of aromatic amines is 1. The van der Waals surface area contributed by atoms with Crippen LogP contribution in [-0.2, 0) is 10.2 Å². The van der Waals surface area contributed by atoms with Crippen LogP contribution in [0.5, 0.6) is 0 Å². The lowest BCUT2D eigenvalue weighted by molar-refractivity contribution is 0.0447. The third kappa shape index (κ3) is 2.86. The first-order chi connectivity index (χ1) is 12.6. The molecule has 1 aromatic heterocycles. The lowest BCUT2D eigenvalue weighted by Gasteiger charge is -2.40. The second-order valence-electron chi connectivity index (χ2n) is 7.45. The minimum Gasteiger partial charge on any atom is -0.369 e. The van der Waals surface area contributed by atoms with E-state index in [-0.39, 0.29) is 17.4 Å². The molecule has 1 aromatic carbocycles. The molecule has 5 nitrogen and oxygen atoms in total. The quantitative estimate of drug-likeness (QED) is 0.857. The molecule has 1 amide bonds. The van der Waals surface area contributed by atoms with E-state index in [1.165, 1.54) is 16.7 Å².